The lowest BCUT2D eigenvalue weighted by atomic mass is 9.91. The highest BCUT2D eigenvalue weighted by molar-refractivity contribution is 6.08. The van der Waals surface area contributed by atoms with Crippen LogP contribution in [-0.4, -0.2) is 0 Å². The quantitative estimate of drug-likeness (QED) is 0.147. The average molecular weight is 750 g/mol. The third kappa shape index (κ3) is 6.40. The maximum absolute atomic E-state index is 2.40. The molecule has 0 unspecified atom stereocenters. The van der Waals surface area contributed by atoms with Gasteiger partial charge in [-0.25, -0.2) is 0 Å². The van der Waals surface area contributed by atoms with Crippen LogP contribution in [0.15, 0.2) is 237 Å². The first kappa shape index (κ1) is 34.5. The number of benzene rings is 11. The zero-order valence-electron chi connectivity index (χ0n) is 32.5. The summed E-state index contributed by atoms with van der Waals surface area (Å²) in [6, 6.07) is 86.3. The second kappa shape index (κ2) is 14.6. The number of fused-ring (bicyclic) bond motifs is 5. The lowest BCUT2D eigenvalue weighted by Crippen LogP contribution is -2.10. The number of nitrogens with zero attached hydrogens (tertiary/aromatic N) is 1. The van der Waals surface area contributed by atoms with Gasteiger partial charge in [0.2, 0.25) is 0 Å². The summed E-state index contributed by atoms with van der Waals surface area (Å²) in [5, 5.41) is 10.0. The van der Waals surface area contributed by atoms with Gasteiger partial charge in [0, 0.05) is 17.1 Å². The molecular weight excluding hydrogens is 711 g/mol. The van der Waals surface area contributed by atoms with E-state index in [0.29, 0.717) is 0 Å². The standard InChI is InChI=1S/C58H39N/c1-2-12-43(13-3-1)58-39-52(34-35-56(58)46-24-22-45(23-25-46)55-20-10-17-42-14-6-8-18-53(42)55)59(51-33-36-57-49(38-51)28-26-44-15-7-9-19-54(44)57)50-31-29-41(30-32-50)48-27-21-40-11-4-5-16-47(40)37-48/h1-39H. The number of hydrogen-bond acceptors (Lipinski definition) is 1. The van der Waals surface area contributed by atoms with E-state index in [0.717, 1.165) is 17.1 Å². The van der Waals surface area contributed by atoms with E-state index < -0.39 is 0 Å². The van der Waals surface area contributed by atoms with Gasteiger partial charge in [-0.15, -0.1) is 0 Å². The molecule has 0 N–H and O–H groups in total. The lowest BCUT2D eigenvalue weighted by Gasteiger charge is -2.27. The Kier molecular flexibility index (Phi) is 8.56. The fourth-order valence-electron chi connectivity index (χ4n) is 8.84. The van der Waals surface area contributed by atoms with Gasteiger partial charge >= 0.3 is 0 Å². The molecule has 0 bridgehead atoms. The van der Waals surface area contributed by atoms with E-state index >= 15 is 0 Å². The summed E-state index contributed by atoms with van der Waals surface area (Å²) in [6.07, 6.45) is 0. The van der Waals surface area contributed by atoms with Crippen LogP contribution in [-0.2, 0) is 0 Å². The van der Waals surface area contributed by atoms with Crippen LogP contribution >= 0.6 is 0 Å². The third-order valence-corrected chi connectivity index (χ3v) is 11.8. The second-order valence-electron chi connectivity index (χ2n) is 15.3. The molecule has 0 amide bonds. The zero-order chi connectivity index (χ0) is 39.1. The first-order chi connectivity index (χ1) is 29.2. The molecule has 0 radical (unpaired) electrons. The van der Waals surface area contributed by atoms with Gasteiger partial charge in [0.15, 0.2) is 0 Å². The van der Waals surface area contributed by atoms with E-state index in [1.807, 2.05) is 0 Å². The molecule has 11 aromatic carbocycles. The Morgan fingerprint density at radius 2 is 0.712 bits per heavy atom. The molecule has 11 rings (SSSR count). The van der Waals surface area contributed by atoms with Crippen LogP contribution in [0, 0.1) is 0 Å². The second-order valence-corrected chi connectivity index (χ2v) is 15.3. The van der Waals surface area contributed by atoms with Crippen molar-refractivity contribution in [2.45, 2.75) is 0 Å². The highest BCUT2D eigenvalue weighted by Crippen LogP contribution is 2.43. The Balaban J connectivity index is 1.04. The van der Waals surface area contributed by atoms with Crippen molar-refractivity contribution in [3.8, 4) is 44.5 Å². The Labute approximate surface area is 344 Å². The molecule has 11 aromatic rings. The third-order valence-electron chi connectivity index (χ3n) is 11.8. The van der Waals surface area contributed by atoms with Crippen molar-refractivity contribution < 1.29 is 0 Å². The fraction of sp³-hybridized carbons (Fsp3) is 0. The maximum Gasteiger partial charge on any atom is 0.0468 e. The predicted molar refractivity (Wildman–Crippen MR) is 253 cm³/mol. The van der Waals surface area contributed by atoms with Crippen LogP contribution in [0.4, 0.5) is 17.1 Å². The minimum Gasteiger partial charge on any atom is -0.310 e. The average Bonchev–Trinajstić information content (AvgIpc) is 3.32. The largest absolute Gasteiger partial charge is 0.310 e. The summed E-state index contributed by atoms with van der Waals surface area (Å²) >= 11 is 0. The summed E-state index contributed by atoms with van der Waals surface area (Å²) in [4.78, 5) is 2.40. The van der Waals surface area contributed by atoms with Crippen molar-refractivity contribution in [2.24, 2.45) is 0 Å². The summed E-state index contributed by atoms with van der Waals surface area (Å²) in [5.41, 5.74) is 12.9. The van der Waals surface area contributed by atoms with Crippen molar-refractivity contribution in [3.63, 3.8) is 0 Å². The van der Waals surface area contributed by atoms with Crippen molar-refractivity contribution >= 4 is 60.2 Å². The van der Waals surface area contributed by atoms with Crippen molar-refractivity contribution in [1.82, 2.24) is 0 Å². The van der Waals surface area contributed by atoms with Gasteiger partial charge in [0.1, 0.15) is 0 Å². The highest BCUT2D eigenvalue weighted by Gasteiger charge is 2.18. The van der Waals surface area contributed by atoms with E-state index in [1.165, 1.54) is 87.6 Å². The molecule has 0 aliphatic carbocycles. The Morgan fingerprint density at radius 1 is 0.203 bits per heavy atom. The highest BCUT2D eigenvalue weighted by atomic mass is 15.1. The molecule has 0 aromatic heterocycles. The van der Waals surface area contributed by atoms with Crippen LogP contribution < -0.4 is 4.90 Å². The minimum absolute atomic E-state index is 1.10. The molecule has 0 heterocycles. The molecule has 59 heavy (non-hydrogen) atoms. The van der Waals surface area contributed by atoms with Gasteiger partial charge in [-0.1, -0.05) is 194 Å². The molecule has 0 saturated heterocycles. The molecule has 1 heteroatoms. The summed E-state index contributed by atoms with van der Waals surface area (Å²) in [7, 11) is 0. The fourth-order valence-corrected chi connectivity index (χ4v) is 8.84. The first-order valence-corrected chi connectivity index (χ1v) is 20.3. The predicted octanol–water partition coefficient (Wildman–Crippen LogP) is 16.4. The van der Waals surface area contributed by atoms with Crippen LogP contribution in [0.2, 0.25) is 0 Å². The van der Waals surface area contributed by atoms with E-state index in [2.05, 4.69) is 241 Å². The Hall–Kier alpha value is -7.74. The molecular formula is C58H39N. The van der Waals surface area contributed by atoms with Gasteiger partial charge in [-0.05, 0) is 130 Å². The van der Waals surface area contributed by atoms with E-state index in [1.54, 1.807) is 0 Å². The molecule has 0 atom stereocenters. The molecule has 0 aliphatic heterocycles. The van der Waals surface area contributed by atoms with Gasteiger partial charge in [0.05, 0.1) is 0 Å². The topological polar surface area (TPSA) is 3.24 Å². The van der Waals surface area contributed by atoms with E-state index in [-0.39, 0.29) is 0 Å². The normalized spacial score (nSPS) is 11.4. The number of rotatable bonds is 7. The van der Waals surface area contributed by atoms with Gasteiger partial charge in [0.25, 0.3) is 0 Å². The van der Waals surface area contributed by atoms with Crippen molar-refractivity contribution in [3.05, 3.63) is 237 Å². The van der Waals surface area contributed by atoms with E-state index in [4.69, 9.17) is 0 Å². The first-order valence-electron chi connectivity index (χ1n) is 20.3. The molecule has 276 valence electrons. The van der Waals surface area contributed by atoms with E-state index in [9.17, 15) is 0 Å². The monoisotopic (exact) mass is 749 g/mol. The van der Waals surface area contributed by atoms with Crippen LogP contribution in [0.1, 0.15) is 0 Å². The van der Waals surface area contributed by atoms with Crippen LogP contribution in [0.5, 0.6) is 0 Å². The smallest absolute Gasteiger partial charge is 0.0468 e. The lowest BCUT2D eigenvalue weighted by molar-refractivity contribution is 1.29. The van der Waals surface area contributed by atoms with Crippen molar-refractivity contribution in [1.29, 1.82) is 0 Å². The Morgan fingerprint density at radius 3 is 1.51 bits per heavy atom. The minimum atomic E-state index is 1.10. The zero-order valence-corrected chi connectivity index (χ0v) is 32.5. The Bertz CT molecular complexity index is 3300. The summed E-state index contributed by atoms with van der Waals surface area (Å²) in [6.45, 7) is 0. The molecule has 1 nitrogen and oxygen atoms in total. The molecule has 0 saturated carbocycles. The van der Waals surface area contributed by atoms with Gasteiger partial charge in [-0.3, -0.25) is 0 Å². The molecule has 0 aliphatic rings. The number of hydrogen-bond donors (Lipinski definition) is 0. The molecule has 0 spiro atoms. The van der Waals surface area contributed by atoms with Crippen molar-refractivity contribution in [2.75, 3.05) is 4.90 Å². The molecule has 0 fully saturated rings. The SMILES string of the molecule is c1ccc(-c2cc(N(c3ccc(-c4ccc5ccccc5c4)cc3)c3ccc4c(ccc5ccccc54)c3)ccc2-c2ccc(-c3cccc4ccccc34)cc2)cc1. The van der Waals surface area contributed by atoms with Crippen LogP contribution in [0.25, 0.3) is 87.6 Å². The summed E-state index contributed by atoms with van der Waals surface area (Å²) < 4.78 is 0. The summed E-state index contributed by atoms with van der Waals surface area (Å²) in [5.74, 6) is 0. The van der Waals surface area contributed by atoms with Gasteiger partial charge < -0.3 is 4.90 Å². The maximum atomic E-state index is 2.40. The van der Waals surface area contributed by atoms with Gasteiger partial charge in [-0.2, -0.15) is 0 Å². The van der Waals surface area contributed by atoms with Crippen LogP contribution in [0.3, 0.4) is 0 Å². The number of anilines is 3.